The van der Waals surface area contributed by atoms with Gasteiger partial charge in [0.05, 0.1) is 8.07 Å². The van der Waals surface area contributed by atoms with Gasteiger partial charge in [0.15, 0.2) is 0 Å². The van der Waals surface area contributed by atoms with Crippen molar-refractivity contribution in [2.75, 3.05) is 14.2 Å². The average Bonchev–Trinajstić information content (AvgIpc) is 2.26. The zero-order chi connectivity index (χ0) is 11.2. The lowest BCUT2D eigenvalue weighted by atomic mass is 10.9. The lowest BCUT2D eigenvalue weighted by molar-refractivity contribution is 0.254. The van der Waals surface area contributed by atoms with Gasteiger partial charge in [0.2, 0.25) is 0 Å². The van der Waals surface area contributed by atoms with Crippen molar-refractivity contribution in [1.29, 1.82) is 0 Å². The van der Waals surface area contributed by atoms with Crippen molar-refractivity contribution in [3.05, 3.63) is 0 Å². The van der Waals surface area contributed by atoms with E-state index in [1.54, 1.807) is 14.2 Å². The molecule has 14 heavy (non-hydrogen) atoms. The highest BCUT2D eigenvalue weighted by Gasteiger charge is 2.40. The van der Waals surface area contributed by atoms with Gasteiger partial charge in [-0.25, -0.2) is 0 Å². The maximum Gasteiger partial charge on any atom is 0.331 e. The Hall–Kier alpha value is 0.354. The summed E-state index contributed by atoms with van der Waals surface area (Å²) in [5.74, 6) is 0. The molecule has 0 saturated carbocycles. The molecule has 0 aliphatic carbocycles. The number of rotatable bonds is 7. The van der Waals surface area contributed by atoms with E-state index in [1.165, 1.54) is 23.8 Å². The highest BCUT2D eigenvalue weighted by molar-refractivity contribution is 6.92. The lowest BCUT2D eigenvalue weighted by Gasteiger charge is -2.35. The van der Waals surface area contributed by atoms with E-state index < -0.39 is 16.6 Å². The monoisotopic (exact) mass is 234 g/mol. The summed E-state index contributed by atoms with van der Waals surface area (Å²) in [6.45, 7) is 9.19. The first-order chi connectivity index (χ1) is 6.51. The average molecular weight is 234 g/mol. The molecule has 0 aromatic carbocycles. The second-order valence-electron chi connectivity index (χ2n) is 4.28. The van der Waals surface area contributed by atoms with Crippen LogP contribution >= 0.6 is 0 Å². The van der Waals surface area contributed by atoms with Gasteiger partial charge >= 0.3 is 8.56 Å². The first-order valence-electron chi connectivity index (χ1n) is 5.61. The molecule has 0 amide bonds. The summed E-state index contributed by atoms with van der Waals surface area (Å²) in [6, 6.07) is 4.07. The largest absolute Gasteiger partial charge is 0.398 e. The molecule has 0 saturated heterocycles. The van der Waals surface area contributed by atoms with Crippen molar-refractivity contribution in [1.82, 2.24) is 0 Å². The quantitative estimate of drug-likeness (QED) is 0.629. The molecule has 0 unspecified atom stereocenters. The van der Waals surface area contributed by atoms with Crippen LogP contribution in [0.5, 0.6) is 0 Å². The van der Waals surface area contributed by atoms with E-state index in [0.29, 0.717) is 0 Å². The molecule has 0 heterocycles. The predicted molar refractivity (Wildman–Crippen MR) is 67.6 cm³/mol. The van der Waals surface area contributed by atoms with Gasteiger partial charge in [-0.15, -0.1) is 0 Å². The molecule has 0 rings (SSSR count). The van der Waals surface area contributed by atoms with E-state index in [2.05, 4.69) is 27.3 Å². The minimum Gasteiger partial charge on any atom is -0.398 e. The van der Waals surface area contributed by atoms with Crippen molar-refractivity contribution < 1.29 is 8.85 Å². The Bertz CT molecular complexity index is 146. The Kier molecular flexibility index (Phi) is 6.20. The van der Waals surface area contributed by atoms with Crippen LogP contribution in [0, 0.1) is 0 Å². The van der Waals surface area contributed by atoms with Crippen molar-refractivity contribution in [3.8, 4) is 0 Å². The summed E-state index contributed by atoms with van der Waals surface area (Å²) >= 11 is 0. The normalized spacial score (nSPS) is 13.3. The minimum absolute atomic E-state index is 1.08. The van der Waals surface area contributed by atoms with Crippen molar-refractivity contribution >= 4 is 16.6 Å². The first-order valence-corrected chi connectivity index (χ1v) is 11.0. The van der Waals surface area contributed by atoms with Crippen LogP contribution in [0.1, 0.15) is 20.8 Å². The fourth-order valence-corrected chi connectivity index (χ4v) is 13.3. The molecule has 4 heteroatoms. The SMILES string of the molecule is CC[Si](CC)(CC)C[Si](C)(OC)OC. The van der Waals surface area contributed by atoms with Crippen molar-refractivity contribution in [2.24, 2.45) is 0 Å². The van der Waals surface area contributed by atoms with E-state index >= 15 is 0 Å². The van der Waals surface area contributed by atoms with Crippen LogP contribution in [0.3, 0.4) is 0 Å². The maximum absolute atomic E-state index is 5.60. The Morgan fingerprint density at radius 1 is 0.857 bits per heavy atom. The molecule has 0 aliphatic rings. The third kappa shape index (κ3) is 3.49. The standard InChI is InChI=1S/C10H26O2Si2/c1-7-14(8-2,9-3)10-13(6,11-4)12-5/h7-10H2,1-6H3. The van der Waals surface area contributed by atoms with Gasteiger partial charge in [0.1, 0.15) is 0 Å². The molecule has 0 N–H and O–H groups in total. The van der Waals surface area contributed by atoms with Gasteiger partial charge in [-0.1, -0.05) is 38.9 Å². The number of hydrogen-bond acceptors (Lipinski definition) is 2. The zero-order valence-corrected chi connectivity index (χ0v) is 12.6. The van der Waals surface area contributed by atoms with Crippen LogP contribution in [-0.4, -0.2) is 30.9 Å². The van der Waals surface area contributed by atoms with E-state index in [4.69, 9.17) is 8.85 Å². The van der Waals surface area contributed by atoms with E-state index in [-0.39, 0.29) is 0 Å². The van der Waals surface area contributed by atoms with Crippen molar-refractivity contribution in [2.45, 2.75) is 51.1 Å². The van der Waals surface area contributed by atoms with Gasteiger partial charge in [0, 0.05) is 14.2 Å². The highest BCUT2D eigenvalue weighted by atomic mass is 28.4. The molecule has 0 aliphatic heterocycles. The fraction of sp³-hybridized carbons (Fsp3) is 1.00. The third-order valence-electron chi connectivity index (χ3n) is 3.81. The highest BCUT2D eigenvalue weighted by Crippen LogP contribution is 2.30. The summed E-state index contributed by atoms with van der Waals surface area (Å²) in [5, 5.41) is 0. The maximum atomic E-state index is 5.60. The topological polar surface area (TPSA) is 18.5 Å². The second-order valence-corrected chi connectivity index (χ2v) is 13.9. The Morgan fingerprint density at radius 2 is 1.21 bits per heavy atom. The van der Waals surface area contributed by atoms with Crippen LogP contribution in [0.4, 0.5) is 0 Å². The van der Waals surface area contributed by atoms with E-state index in [0.717, 1.165) is 0 Å². The molecule has 0 aromatic heterocycles. The Labute approximate surface area is 91.3 Å². The molecule has 2 nitrogen and oxygen atoms in total. The molecule has 0 fully saturated rings. The van der Waals surface area contributed by atoms with Crippen LogP contribution in [-0.2, 0) is 8.85 Å². The molecular formula is C10H26O2Si2. The molecule has 0 atom stereocenters. The van der Waals surface area contributed by atoms with Crippen LogP contribution in [0.25, 0.3) is 0 Å². The van der Waals surface area contributed by atoms with Gasteiger partial charge in [-0.2, -0.15) is 0 Å². The second kappa shape index (κ2) is 6.05. The molecule has 0 radical (unpaired) electrons. The summed E-state index contributed by atoms with van der Waals surface area (Å²) in [7, 11) is 0.686. The number of hydrogen-bond donors (Lipinski definition) is 0. The summed E-state index contributed by atoms with van der Waals surface area (Å²) in [4.78, 5) is 0. The van der Waals surface area contributed by atoms with Gasteiger partial charge in [-0.05, 0) is 12.2 Å². The predicted octanol–water partition coefficient (Wildman–Crippen LogP) is 3.40. The summed E-state index contributed by atoms with van der Waals surface area (Å²) in [6.07, 6.45) is 0. The van der Waals surface area contributed by atoms with E-state index in [9.17, 15) is 0 Å². The smallest absolute Gasteiger partial charge is 0.331 e. The molecular weight excluding hydrogens is 208 g/mol. The summed E-state index contributed by atoms with van der Waals surface area (Å²) < 4.78 is 11.2. The van der Waals surface area contributed by atoms with Crippen LogP contribution in [0.2, 0.25) is 30.3 Å². The van der Waals surface area contributed by atoms with Gasteiger partial charge in [-0.3, -0.25) is 0 Å². The fourth-order valence-electron chi connectivity index (χ4n) is 2.03. The minimum atomic E-state index is -1.83. The zero-order valence-electron chi connectivity index (χ0n) is 10.6. The Morgan fingerprint density at radius 3 is 1.43 bits per heavy atom. The van der Waals surface area contributed by atoms with Crippen LogP contribution < -0.4 is 0 Å². The molecule has 86 valence electrons. The van der Waals surface area contributed by atoms with E-state index in [1.807, 2.05) is 0 Å². The van der Waals surface area contributed by atoms with Gasteiger partial charge < -0.3 is 8.85 Å². The molecule has 0 aromatic rings. The lowest BCUT2D eigenvalue weighted by Crippen LogP contribution is -2.47. The molecule has 0 bridgehead atoms. The first kappa shape index (κ1) is 14.4. The van der Waals surface area contributed by atoms with Crippen molar-refractivity contribution in [3.63, 3.8) is 0 Å². The summed E-state index contributed by atoms with van der Waals surface area (Å²) in [5.41, 5.74) is 1.25. The van der Waals surface area contributed by atoms with Crippen LogP contribution in [0.15, 0.2) is 0 Å². The third-order valence-corrected chi connectivity index (χ3v) is 15.6. The van der Waals surface area contributed by atoms with Gasteiger partial charge in [0.25, 0.3) is 0 Å². The molecule has 0 spiro atoms. The Balaban J connectivity index is 4.56.